The van der Waals surface area contributed by atoms with Crippen LogP contribution in [0.3, 0.4) is 0 Å². The van der Waals surface area contributed by atoms with E-state index in [0.29, 0.717) is 26.1 Å². The van der Waals surface area contributed by atoms with E-state index in [9.17, 15) is 31.5 Å². The lowest BCUT2D eigenvalue weighted by atomic mass is 10.1. The number of amidine groups is 1. The van der Waals surface area contributed by atoms with Gasteiger partial charge in [-0.05, 0) is 25.0 Å². The summed E-state index contributed by atoms with van der Waals surface area (Å²) < 4.78 is 76.1. The minimum absolute atomic E-state index is 0.308. The van der Waals surface area contributed by atoms with Gasteiger partial charge in [-0.2, -0.15) is 13.2 Å². The highest BCUT2D eigenvalue weighted by Gasteiger charge is 2.38. The highest BCUT2D eigenvalue weighted by Crippen LogP contribution is 2.25. The smallest absolute Gasteiger partial charge is 0.431 e. The van der Waals surface area contributed by atoms with Gasteiger partial charge in [-0.25, -0.2) is 13.6 Å². The van der Waals surface area contributed by atoms with Crippen LogP contribution in [-0.4, -0.2) is 49.6 Å². The molecule has 0 aliphatic carbocycles. The van der Waals surface area contributed by atoms with Gasteiger partial charge in [0.15, 0.2) is 6.61 Å². The van der Waals surface area contributed by atoms with Gasteiger partial charge < -0.3 is 20.9 Å². The molecule has 1 saturated heterocycles. The second-order valence-corrected chi connectivity index (χ2v) is 6.24. The monoisotopic (exact) mass is 435 g/mol. The van der Waals surface area contributed by atoms with Crippen LogP contribution in [-0.2, 0) is 14.3 Å². The van der Waals surface area contributed by atoms with Crippen molar-refractivity contribution in [1.82, 2.24) is 0 Å². The number of esters is 1. The quantitative estimate of drug-likeness (QED) is 0.176. The second kappa shape index (κ2) is 9.65. The van der Waals surface area contributed by atoms with Gasteiger partial charge in [0, 0.05) is 13.2 Å². The van der Waals surface area contributed by atoms with Crippen molar-refractivity contribution in [3.63, 3.8) is 0 Å². The zero-order chi connectivity index (χ0) is 22.5. The van der Waals surface area contributed by atoms with Gasteiger partial charge in [0.1, 0.15) is 28.7 Å². The normalized spacial score (nSPS) is 16.8. The molecule has 0 spiro atoms. The van der Waals surface area contributed by atoms with Crippen LogP contribution in [0, 0.1) is 11.6 Å². The van der Waals surface area contributed by atoms with Gasteiger partial charge in [-0.15, -0.1) is 0 Å². The molecule has 164 valence electrons. The van der Waals surface area contributed by atoms with Crippen LogP contribution in [0.25, 0.3) is 0 Å². The lowest BCUT2D eigenvalue weighted by molar-refractivity contribution is -0.138. The van der Waals surface area contributed by atoms with Gasteiger partial charge in [0.2, 0.25) is 5.78 Å². The van der Waals surface area contributed by atoms with Gasteiger partial charge >= 0.3 is 12.1 Å². The number of rotatable bonds is 6. The number of ether oxygens (including phenoxy) is 2. The maximum absolute atomic E-state index is 13.6. The minimum atomic E-state index is -5.15. The van der Waals surface area contributed by atoms with E-state index in [-0.39, 0.29) is 0 Å². The highest BCUT2D eigenvalue weighted by molar-refractivity contribution is 6.19. The standard InChI is InChI=1S/C18H18F5N3O4/c19-10-2-1-3-11(20)13(10)12(27)8-30-17(28)14(15(24)18(21,22)23)16(25)26-9-4-6-29-7-5-9/h1-3,9H,4-8,24H2,(H2,25,26). The number of hydrogen-bond donors (Lipinski definition) is 2. The molecule has 1 aromatic rings. The summed E-state index contributed by atoms with van der Waals surface area (Å²) >= 11 is 0. The van der Waals surface area contributed by atoms with Crippen molar-refractivity contribution in [2.45, 2.75) is 25.1 Å². The molecule has 0 amide bonds. The zero-order valence-electron chi connectivity index (χ0n) is 15.5. The molecule has 1 aliphatic rings. The molecule has 7 nitrogen and oxygen atoms in total. The predicted molar refractivity (Wildman–Crippen MR) is 94.4 cm³/mol. The fourth-order valence-corrected chi connectivity index (χ4v) is 2.61. The number of nitrogens with two attached hydrogens (primary N) is 2. The van der Waals surface area contributed by atoms with Crippen LogP contribution in [0.5, 0.6) is 0 Å². The maximum atomic E-state index is 13.6. The summed E-state index contributed by atoms with van der Waals surface area (Å²) in [5.41, 5.74) is 6.46. The van der Waals surface area contributed by atoms with Crippen molar-refractivity contribution in [2.75, 3.05) is 19.8 Å². The maximum Gasteiger partial charge on any atom is 0.431 e. The van der Waals surface area contributed by atoms with Crippen molar-refractivity contribution in [1.29, 1.82) is 0 Å². The fourth-order valence-electron chi connectivity index (χ4n) is 2.61. The lowest BCUT2D eigenvalue weighted by Gasteiger charge is -2.20. The number of aliphatic imine (C=N–C) groups is 1. The zero-order valence-corrected chi connectivity index (χ0v) is 15.5. The Kier molecular flexibility index (Phi) is 7.48. The van der Waals surface area contributed by atoms with Gasteiger partial charge in [-0.1, -0.05) is 6.07 Å². The number of nitrogens with zero attached hydrogens (tertiary/aromatic N) is 1. The first kappa shape index (κ1) is 23.3. The van der Waals surface area contributed by atoms with E-state index < -0.39 is 64.9 Å². The van der Waals surface area contributed by atoms with E-state index in [1.54, 1.807) is 0 Å². The van der Waals surface area contributed by atoms with Crippen molar-refractivity contribution >= 4 is 17.6 Å². The Morgan fingerprint density at radius 2 is 1.70 bits per heavy atom. The van der Waals surface area contributed by atoms with Crippen LogP contribution in [0.2, 0.25) is 0 Å². The molecule has 30 heavy (non-hydrogen) atoms. The summed E-state index contributed by atoms with van der Waals surface area (Å²) in [7, 11) is 0. The van der Waals surface area contributed by atoms with E-state index in [4.69, 9.17) is 16.2 Å². The summed E-state index contributed by atoms with van der Waals surface area (Å²) in [6.45, 7) is -0.624. The van der Waals surface area contributed by atoms with Gasteiger partial charge in [-0.3, -0.25) is 9.79 Å². The topological polar surface area (TPSA) is 117 Å². The molecule has 0 aromatic heterocycles. The fraction of sp³-hybridized carbons (Fsp3) is 0.389. The van der Waals surface area contributed by atoms with E-state index in [1.807, 2.05) is 0 Å². The number of Topliss-reactive ketones (excluding diaryl/α,β-unsaturated/α-hetero) is 1. The van der Waals surface area contributed by atoms with Crippen LogP contribution >= 0.6 is 0 Å². The number of halogens is 5. The Labute approximate surface area is 167 Å². The third kappa shape index (κ3) is 5.75. The molecule has 12 heteroatoms. The molecule has 0 bridgehead atoms. The number of hydrogen-bond acceptors (Lipinski definition) is 6. The third-order valence-electron chi connectivity index (χ3n) is 4.12. The van der Waals surface area contributed by atoms with Crippen molar-refractivity contribution in [3.8, 4) is 0 Å². The average Bonchev–Trinajstić information content (AvgIpc) is 2.66. The van der Waals surface area contributed by atoms with Crippen molar-refractivity contribution < 1.29 is 41.0 Å². The molecule has 0 radical (unpaired) electrons. The number of benzene rings is 1. The predicted octanol–water partition coefficient (Wildman–Crippen LogP) is 2.00. The Morgan fingerprint density at radius 1 is 1.13 bits per heavy atom. The molecule has 1 aromatic carbocycles. The molecular weight excluding hydrogens is 417 g/mol. The number of carbonyl (C=O) groups excluding carboxylic acids is 2. The molecule has 0 saturated carbocycles. The van der Waals surface area contributed by atoms with Crippen LogP contribution in [0.1, 0.15) is 23.2 Å². The number of carbonyl (C=O) groups is 2. The Morgan fingerprint density at radius 3 is 2.23 bits per heavy atom. The second-order valence-electron chi connectivity index (χ2n) is 6.24. The Balaban J connectivity index is 2.25. The van der Waals surface area contributed by atoms with Crippen LogP contribution < -0.4 is 11.5 Å². The van der Waals surface area contributed by atoms with E-state index >= 15 is 0 Å². The van der Waals surface area contributed by atoms with Gasteiger partial charge in [0.05, 0.1) is 11.6 Å². The van der Waals surface area contributed by atoms with E-state index in [0.717, 1.165) is 18.2 Å². The van der Waals surface area contributed by atoms with E-state index in [1.165, 1.54) is 0 Å². The SMILES string of the molecule is NC(=NC1CCOCC1)C(C(=O)OCC(=O)c1c(F)cccc1F)=C(N)C(F)(F)F. The van der Waals surface area contributed by atoms with Crippen LogP contribution in [0.4, 0.5) is 22.0 Å². The first-order valence-electron chi connectivity index (χ1n) is 8.65. The molecule has 4 N–H and O–H groups in total. The molecular formula is C18H18F5N3O4. The average molecular weight is 435 g/mol. The summed E-state index contributed by atoms with van der Waals surface area (Å²) in [4.78, 5) is 28.1. The molecule has 1 heterocycles. The largest absolute Gasteiger partial charge is 0.454 e. The van der Waals surface area contributed by atoms with Crippen molar-refractivity contribution in [2.24, 2.45) is 16.5 Å². The number of allylic oxidation sites excluding steroid dienone is 1. The Hall–Kier alpha value is -3.02. The first-order chi connectivity index (χ1) is 14.0. The first-order valence-corrected chi connectivity index (χ1v) is 8.65. The minimum Gasteiger partial charge on any atom is -0.454 e. The summed E-state index contributed by atoms with van der Waals surface area (Å²) in [5, 5.41) is 0. The highest BCUT2D eigenvalue weighted by atomic mass is 19.4. The lowest BCUT2D eigenvalue weighted by Crippen LogP contribution is -2.34. The molecule has 0 atom stereocenters. The number of alkyl halides is 3. The van der Waals surface area contributed by atoms with Crippen LogP contribution in [0.15, 0.2) is 34.5 Å². The third-order valence-corrected chi connectivity index (χ3v) is 4.12. The Bertz CT molecular complexity index is 857. The molecule has 0 unspecified atom stereocenters. The number of ketones is 1. The van der Waals surface area contributed by atoms with Crippen molar-refractivity contribution in [3.05, 3.63) is 46.7 Å². The van der Waals surface area contributed by atoms with Gasteiger partial charge in [0.25, 0.3) is 0 Å². The summed E-state index contributed by atoms with van der Waals surface area (Å²) in [6.07, 6.45) is -4.42. The molecule has 1 aliphatic heterocycles. The van der Waals surface area contributed by atoms with E-state index in [2.05, 4.69) is 9.73 Å². The molecule has 1 fully saturated rings. The summed E-state index contributed by atoms with van der Waals surface area (Å²) in [5.74, 6) is -6.28. The summed E-state index contributed by atoms with van der Waals surface area (Å²) in [6, 6.07) is 2.09. The molecule has 2 rings (SSSR count).